The molecule has 0 bridgehead atoms. The maximum absolute atomic E-state index is 13.6. The Morgan fingerprint density at radius 1 is 0.705 bits per heavy atom. The van der Waals surface area contributed by atoms with Gasteiger partial charge in [0, 0.05) is 24.7 Å². The van der Waals surface area contributed by atoms with E-state index in [1.807, 2.05) is 0 Å². The molecule has 2 amide bonds. The van der Waals surface area contributed by atoms with E-state index in [0.717, 1.165) is 11.1 Å². The number of rotatable bonds is 10. The monoisotopic (exact) mass is 596 g/mol. The SMILES string of the molecule is O=C(/C=C/c1cc(O)c2c(c1)[C@H](C(=O)NCCc1ccc(O)cc1)[C@@H](c1ccc(O)c(O)c1)O2)NCCc1ccc(O)cc1. The molecule has 1 aliphatic rings. The minimum Gasteiger partial charge on any atom is -0.508 e. The fourth-order valence-corrected chi connectivity index (χ4v) is 5.05. The van der Waals surface area contributed by atoms with Gasteiger partial charge in [0.1, 0.15) is 23.5 Å². The van der Waals surface area contributed by atoms with Crippen LogP contribution in [-0.4, -0.2) is 50.4 Å². The Labute approximate surface area is 253 Å². The molecule has 0 radical (unpaired) electrons. The van der Waals surface area contributed by atoms with Crippen molar-refractivity contribution < 1.29 is 39.9 Å². The largest absolute Gasteiger partial charge is 0.508 e. The predicted octanol–water partition coefficient (Wildman–Crippen LogP) is 4.16. The molecule has 1 heterocycles. The Morgan fingerprint density at radius 3 is 1.93 bits per heavy atom. The second kappa shape index (κ2) is 13.1. The van der Waals surface area contributed by atoms with Gasteiger partial charge in [-0.3, -0.25) is 9.59 Å². The Bertz CT molecular complexity index is 1680. The van der Waals surface area contributed by atoms with Crippen LogP contribution in [0.25, 0.3) is 6.08 Å². The van der Waals surface area contributed by atoms with Gasteiger partial charge in [-0.2, -0.15) is 0 Å². The van der Waals surface area contributed by atoms with Crippen LogP contribution < -0.4 is 15.4 Å². The van der Waals surface area contributed by atoms with Crippen LogP contribution in [0.1, 0.15) is 39.8 Å². The fraction of sp³-hybridized carbons (Fsp3) is 0.176. The van der Waals surface area contributed by atoms with Crippen molar-refractivity contribution in [1.82, 2.24) is 10.6 Å². The molecule has 0 spiro atoms. The van der Waals surface area contributed by atoms with Gasteiger partial charge in [-0.15, -0.1) is 0 Å². The molecule has 1 aliphatic heterocycles. The van der Waals surface area contributed by atoms with Crippen LogP contribution in [-0.2, 0) is 22.4 Å². The van der Waals surface area contributed by atoms with Gasteiger partial charge in [-0.25, -0.2) is 0 Å². The average Bonchev–Trinajstić information content (AvgIpc) is 3.40. The molecular weight excluding hydrogens is 564 g/mol. The van der Waals surface area contributed by atoms with Gasteiger partial charge in [0.15, 0.2) is 23.0 Å². The lowest BCUT2D eigenvalue weighted by atomic mass is 9.89. The molecule has 10 heteroatoms. The normalized spacial score (nSPS) is 15.5. The minimum absolute atomic E-state index is 0.108. The highest BCUT2D eigenvalue weighted by Crippen LogP contribution is 2.51. The average molecular weight is 597 g/mol. The van der Waals surface area contributed by atoms with E-state index >= 15 is 0 Å². The zero-order chi connectivity index (χ0) is 31.2. The number of phenols is 5. The Balaban J connectivity index is 1.33. The summed E-state index contributed by atoms with van der Waals surface area (Å²) in [5, 5.41) is 55.4. The Kier molecular flexibility index (Phi) is 8.90. The number of amides is 2. The van der Waals surface area contributed by atoms with Crippen LogP contribution in [0.3, 0.4) is 0 Å². The number of phenolic OH excluding ortho intramolecular Hbond substituents is 5. The third-order valence-corrected chi connectivity index (χ3v) is 7.34. The predicted molar refractivity (Wildman–Crippen MR) is 163 cm³/mol. The summed E-state index contributed by atoms with van der Waals surface area (Å²) in [5.41, 5.74) is 3.16. The van der Waals surface area contributed by atoms with Crippen LogP contribution in [0.15, 0.2) is 84.9 Å². The van der Waals surface area contributed by atoms with Crippen molar-refractivity contribution in [3.8, 4) is 34.5 Å². The van der Waals surface area contributed by atoms with E-state index < -0.39 is 12.0 Å². The number of aromatic hydroxyl groups is 5. The van der Waals surface area contributed by atoms with Gasteiger partial charge in [0.05, 0.1) is 0 Å². The van der Waals surface area contributed by atoms with Crippen molar-refractivity contribution in [3.63, 3.8) is 0 Å². The van der Waals surface area contributed by atoms with Crippen LogP contribution in [0.4, 0.5) is 0 Å². The number of hydrogen-bond acceptors (Lipinski definition) is 8. The lowest BCUT2D eigenvalue weighted by Crippen LogP contribution is -2.33. The molecule has 226 valence electrons. The highest BCUT2D eigenvalue weighted by molar-refractivity contribution is 5.92. The lowest BCUT2D eigenvalue weighted by Gasteiger charge is -2.20. The highest BCUT2D eigenvalue weighted by Gasteiger charge is 2.42. The van der Waals surface area contributed by atoms with Crippen LogP contribution in [0.5, 0.6) is 34.5 Å². The van der Waals surface area contributed by atoms with Crippen LogP contribution in [0.2, 0.25) is 0 Å². The Morgan fingerprint density at radius 2 is 1.32 bits per heavy atom. The molecule has 5 rings (SSSR count). The first kappa shape index (κ1) is 29.8. The molecule has 44 heavy (non-hydrogen) atoms. The van der Waals surface area contributed by atoms with Crippen molar-refractivity contribution in [1.29, 1.82) is 0 Å². The summed E-state index contributed by atoms with van der Waals surface area (Å²) in [6, 6.07) is 20.6. The van der Waals surface area contributed by atoms with Gasteiger partial charge < -0.3 is 40.9 Å². The zero-order valence-corrected chi connectivity index (χ0v) is 23.6. The van der Waals surface area contributed by atoms with Crippen molar-refractivity contribution in [2.75, 3.05) is 13.1 Å². The fourth-order valence-electron chi connectivity index (χ4n) is 5.05. The topological polar surface area (TPSA) is 169 Å². The van der Waals surface area contributed by atoms with E-state index in [4.69, 9.17) is 4.74 Å². The standard InChI is InChI=1S/C34H32N2O8/c37-24-7-1-20(2-8-24)13-15-35-30(42)12-5-22-17-26-31(34(43)36-16-14-21-3-9-25(38)10-4-21)32(44-33(26)29(41)18-22)23-6-11-27(39)28(40)19-23/h1-12,17-19,31-32,37-41H,13-16H2,(H,35,42)(H,36,43)/b12-5+/t31-,32+/m0/s1. The smallest absolute Gasteiger partial charge is 0.244 e. The quantitative estimate of drug-likeness (QED) is 0.106. The van der Waals surface area contributed by atoms with Crippen molar-refractivity contribution >= 4 is 17.9 Å². The first-order valence-corrected chi connectivity index (χ1v) is 14.0. The van der Waals surface area contributed by atoms with E-state index in [1.165, 1.54) is 36.4 Å². The first-order chi connectivity index (χ1) is 21.2. The van der Waals surface area contributed by atoms with Crippen LogP contribution in [0, 0.1) is 0 Å². The number of hydrogen-bond donors (Lipinski definition) is 7. The number of ether oxygens (including phenoxy) is 1. The highest BCUT2D eigenvalue weighted by atomic mass is 16.5. The molecular formula is C34H32N2O8. The summed E-state index contributed by atoms with van der Waals surface area (Å²) in [6.07, 6.45) is 3.02. The molecule has 4 aromatic rings. The number of carbonyl (C=O) groups excluding carboxylic acids is 2. The summed E-state index contributed by atoms with van der Waals surface area (Å²) < 4.78 is 6.06. The maximum Gasteiger partial charge on any atom is 0.244 e. The second-order valence-corrected chi connectivity index (χ2v) is 10.5. The minimum atomic E-state index is -0.924. The van der Waals surface area contributed by atoms with Crippen molar-refractivity contribution in [2.45, 2.75) is 24.9 Å². The molecule has 10 nitrogen and oxygen atoms in total. The van der Waals surface area contributed by atoms with Crippen LogP contribution >= 0.6 is 0 Å². The van der Waals surface area contributed by atoms with E-state index in [0.29, 0.717) is 42.6 Å². The van der Waals surface area contributed by atoms with Gasteiger partial charge in [-0.05, 0) is 89.7 Å². The van der Waals surface area contributed by atoms with Gasteiger partial charge >= 0.3 is 0 Å². The molecule has 0 saturated carbocycles. The second-order valence-electron chi connectivity index (χ2n) is 10.5. The maximum atomic E-state index is 13.6. The first-order valence-electron chi connectivity index (χ1n) is 14.0. The van der Waals surface area contributed by atoms with E-state index in [2.05, 4.69) is 10.6 Å². The lowest BCUT2D eigenvalue weighted by molar-refractivity contribution is -0.124. The van der Waals surface area contributed by atoms with Gasteiger partial charge in [0.25, 0.3) is 0 Å². The van der Waals surface area contributed by atoms with Gasteiger partial charge in [-0.1, -0.05) is 30.3 Å². The molecule has 7 N–H and O–H groups in total. The number of nitrogens with one attached hydrogen (secondary N) is 2. The number of benzene rings is 4. The summed E-state index contributed by atoms with van der Waals surface area (Å²) in [5.74, 6) is -2.15. The molecule has 0 aromatic heterocycles. The summed E-state index contributed by atoms with van der Waals surface area (Å²) in [7, 11) is 0. The van der Waals surface area contributed by atoms with E-state index in [9.17, 15) is 35.1 Å². The zero-order valence-electron chi connectivity index (χ0n) is 23.6. The third-order valence-electron chi connectivity index (χ3n) is 7.34. The van der Waals surface area contributed by atoms with E-state index in [1.54, 1.807) is 54.6 Å². The summed E-state index contributed by atoms with van der Waals surface area (Å²) in [6.45, 7) is 0.670. The molecule has 0 fully saturated rings. The molecule has 4 aromatic carbocycles. The molecule has 0 aliphatic carbocycles. The Hall–Kier alpha value is -5.64. The number of carbonyl (C=O) groups is 2. The molecule has 0 saturated heterocycles. The summed E-state index contributed by atoms with van der Waals surface area (Å²) >= 11 is 0. The number of fused-ring (bicyclic) bond motifs is 1. The summed E-state index contributed by atoms with van der Waals surface area (Å²) in [4.78, 5) is 26.1. The van der Waals surface area contributed by atoms with Crippen molar-refractivity contribution in [3.05, 3.63) is 113 Å². The van der Waals surface area contributed by atoms with Crippen molar-refractivity contribution in [2.24, 2.45) is 0 Å². The van der Waals surface area contributed by atoms with E-state index in [-0.39, 0.29) is 46.3 Å². The third kappa shape index (κ3) is 7.04. The molecule has 2 atom stereocenters. The van der Waals surface area contributed by atoms with Gasteiger partial charge in [0.2, 0.25) is 11.8 Å². The molecule has 0 unspecified atom stereocenters.